The predicted molar refractivity (Wildman–Crippen MR) is 79.3 cm³/mol. The maximum Gasteiger partial charge on any atom is 0.341 e. The van der Waals surface area contributed by atoms with Crippen molar-refractivity contribution < 1.29 is 9.53 Å². The van der Waals surface area contributed by atoms with Gasteiger partial charge in [0.15, 0.2) is 0 Å². The number of nitrogens with two attached hydrogens (primary N) is 1. The van der Waals surface area contributed by atoms with E-state index in [1.807, 2.05) is 19.1 Å². The van der Waals surface area contributed by atoms with Crippen LogP contribution in [0.3, 0.4) is 0 Å². The molecule has 0 amide bonds. The first-order valence-electron chi connectivity index (χ1n) is 6.25. The Labute approximate surface area is 126 Å². The lowest BCUT2D eigenvalue weighted by molar-refractivity contribution is 0.0526. The first-order valence-corrected chi connectivity index (χ1v) is 7.44. The summed E-state index contributed by atoms with van der Waals surface area (Å²) >= 11 is 7.42. The van der Waals surface area contributed by atoms with Crippen LogP contribution >= 0.6 is 22.9 Å². The molecule has 0 radical (unpaired) electrons. The molecule has 2 unspecified atom stereocenters. The first-order chi connectivity index (χ1) is 9.52. The molecule has 2 heterocycles. The van der Waals surface area contributed by atoms with Gasteiger partial charge in [-0.05, 0) is 26.0 Å². The third-order valence-electron chi connectivity index (χ3n) is 2.78. The highest BCUT2D eigenvalue weighted by atomic mass is 35.5. The van der Waals surface area contributed by atoms with Gasteiger partial charge >= 0.3 is 5.97 Å². The monoisotopic (exact) mass is 313 g/mol. The minimum Gasteiger partial charge on any atom is -0.462 e. The summed E-state index contributed by atoms with van der Waals surface area (Å²) in [4.78, 5) is 12.7. The zero-order valence-corrected chi connectivity index (χ0v) is 12.8. The van der Waals surface area contributed by atoms with Crippen LogP contribution in [0.5, 0.6) is 0 Å². The Hall–Kier alpha value is -1.37. The Morgan fingerprint density at radius 3 is 2.90 bits per heavy atom. The van der Waals surface area contributed by atoms with Crippen LogP contribution in [-0.2, 0) is 4.74 Å². The Bertz CT molecular complexity index is 594. The van der Waals surface area contributed by atoms with Crippen molar-refractivity contribution in [2.75, 3.05) is 6.61 Å². The molecule has 0 aliphatic carbocycles. The molecule has 0 aliphatic rings. The van der Waals surface area contributed by atoms with Crippen LogP contribution in [-0.4, -0.2) is 28.4 Å². The van der Waals surface area contributed by atoms with Gasteiger partial charge in [-0.25, -0.2) is 4.79 Å². The molecule has 2 N–H and O–H groups in total. The Morgan fingerprint density at radius 1 is 1.60 bits per heavy atom. The van der Waals surface area contributed by atoms with E-state index in [0.29, 0.717) is 16.5 Å². The number of hydrogen-bond acceptors (Lipinski definition) is 5. The molecule has 5 nitrogen and oxygen atoms in total. The number of aromatic nitrogens is 2. The van der Waals surface area contributed by atoms with Crippen molar-refractivity contribution in [2.24, 2.45) is 5.73 Å². The molecule has 2 aromatic heterocycles. The average Bonchev–Trinajstić information content (AvgIpc) is 3.00. The van der Waals surface area contributed by atoms with E-state index in [4.69, 9.17) is 22.1 Å². The van der Waals surface area contributed by atoms with E-state index in [9.17, 15) is 4.79 Å². The number of hydrogen-bond donors (Lipinski definition) is 1. The average molecular weight is 314 g/mol. The molecule has 0 aromatic carbocycles. The minimum atomic E-state index is -0.383. The molecule has 20 heavy (non-hydrogen) atoms. The summed E-state index contributed by atoms with van der Waals surface area (Å²) in [5.74, 6) is -0.383. The number of nitrogens with zero attached hydrogens (tertiary/aromatic N) is 2. The SMILES string of the molecule is CCOC(=O)c1cnn(C(c2ccc(Cl)s2)C(C)N)c1. The molecular weight excluding hydrogens is 298 g/mol. The van der Waals surface area contributed by atoms with Gasteiger partial charge in [0.05, 0.1) is 22.7 Å². The van der Waals surface area contributed by atoms with Crippen molar-refractivity contribution in [3.05, 3.63) is 39.3 Å². The van der Waals surface area contributed by atoms with Gasteiger partial charge in [0.1, 0.15) is 6.04 Å². The van der Waals surface area contributed by atoms with Crippen LogP contribution in [0.4, 0.5) is 0 Å². The summed E-state index contributed by atoms with van der Waals surface area (Å²) in [6, 6.07) is 3.43. The largest absolute Gasteiger partial charge is 0.462 e. The van der Waals surface area contributed by atoms with Gasteiger partial charge in [-0.15, -0.1) is 11.3 Å². The van der Waals surface area contributed by atoms with Gasteiger partial charge in [-0.2, -0.15) is 5.10 Å². The van der Waals surface area contributed by atoms with Crippen LogP contribution < -0.4 is 5.73 Å². The highest BCUT2D eigenvalue weighted by Gasteiger charge is 2.22. The maximum atomic E-state index is 11.7. The summed E-state index contributed by atoms with van der Waals surface area (Å²) in [7, 11) is 0. The highest BCUT2D eigenvalue weighted by molar-refractivity contribution is 7.16. The summed E-state index contributed by atoms with van der Waals surface area (Å²) in [6.07, 6.45) is 3.14. The third-order valence-corrected chi connectivity index (χ3v) is 4.08. The van der Waals surface area contributed by atoms with E-state index in [2.05, 4.69) is 5.10 Å². The molecule has 2 atom stereocenters. The van der Waals surface area contributed by atoms with Crippen molar-refractivity contribution in [3.8, 4) is 0 Å². The van der Waals surface area contributed by atoms with Crippen molar-refractivity contribution >= 4 is 28.9 Å². The van der Waals surface area contributed by atoms with E-state index < -0.39 is 0 Å². The van der Waals surface area contributed by atoms with Gasteiger partial charge in [0.2, 0.25) is 0 Å². The van der Waals surface area contributed by atoms with Gasteiger partial charge in [0.25, 0.3) is 0 Å². The van der Waals surface area contributed by atoms with Gasteiger partial charge in [-0.1, -0.05) is 11.6 Å². The second kappa shape index (κ2) is 6.39. The van der Waals surface area contributed by atoms with E-state index in [1.165, 1.54) is 17.5 Å². The lowest BCUT2D eigenvalue weighted by Crippen LogP contribution is -2.30. The second-order valence-electron chi connectivity index (χ2n) is 4.38. The fourth-order valence-corrected chi connectivity index (χ4v) is 3.20. The molecule has 2 aromatic rings. The van der Waals surface area contributed by atoms with Gasteiger partial charge in [0, 0.05) is 17.1 Å². The maximum absolute atomic E-state index is 11.7. The number of halogens is 1. The first kappa shape index (κ1) is 15.0. The normalized spacial score (nSPS) is 14.0. The Morgan fingerprint density at radius 2 is 2.35 bits per heavy atom. The lowest BCUT2D eigenvalue weighted by atomic mass is 10.1. The topological polar surface area (TPSA) is 70.1 Å². The molecule has 0 saturated carbocycles. The zero-order chi connectivity index (χ0) is 14.7. The Balaban J connectivity index is 2.29. The summed E-state index contributed by atoms with van der Waals surface area (Å²) in [6.45, 7) is 3.99. The molecule has 7 heteroatoms. The summed E-state index contributed by atoms with van der Waals surface area (Å²) in [5.41, 5.74) is 6.46. The second-order valence-corrected chi connectivity index (χ2v) is 6.12. The molecule has 0 aliphatic heterocycles. The molecule has 0 spiro atoms. The fraction of sp³-hybridized carbons (Fsp3) is 0.385. The molecule has 2 rings (SSSR count). The number of esters is 1. The highest BCUT2D eigenvalue weighted by Crippen LogP contribution is 2.30. The van der Waals surface area contributed by atoms with Crippen molar-refractivity contribution in [3.63, 3.8) is 0 Å². The smallest absolute Gasteiger partial charge is 0.341 e. The van der Waals surface area contributed by atoms with E-state index >= 15 is 0 Å². The van der Waals surface area contributed by atoms with Gasteiger partial charge in [-0.3, -0.25) is 4.68 Å². The van der Waals surface area contributed by atoms with E-state index in [0.717, 1.165) is 4.88 Å². The third kappa shape index (κ3) is 3.20. The molecule has 108 valence electrons. The molecule has 0 bridgehead atoms. The number of ether oxygens (including phenoxy) is 1. The number of carbonyl (C=O) groups excluding carboxylic acids is 1. The zero-order valence-electron chi connectivity index (χ0n) is 11.2. The fourth-order valence-electron chi connectivity index (χ4n) is 1.93. The van der Waals surface area contributed by atoms with Crippen molar-refractivity contribution in [2.45, 2.75) is 25.9 Å². The van der Waals surface area contributed by atoms with Gasteiger partial charge < -0.3 is 10.5 Å². The molecule has 0 fully saturated rings. The predicted octanol–water partition coefficient (Wildman–Crippen LogP) is 2.71. The number of rotatable bonds is 5. The van der Waals surface area contributed by atoms with E-state index in [-0.39, 0.29) is 18.1 Å². The summed E-state index contributed by atoms with van der Waals surface area (Å²) < 4.78 is 7.33. The lowest BCUT2D eigenvalue weighted by Gasteiger charge is -2.19. The van der Waals surface area contributed by atoms with Crippen LogP contribution in [0.15, 0.2) is 24.5 Å². The quantitative estimate of drug-likeness (QED) is 0.862. The molecule has 0 saturated heterocycles. The summed E-state index contributed by atoms with van der Waals surface area (Å²) in [5, 5.41) is 4.23. The van der Waals surface area contributed by atoms with Crippen LogP contribution in [0.25, 0.3) is 0 Å². The standard InChI is InChI=1S/C13H16ClN3O2S/c1-3-19-13(18)9-6-16-17(7-9)12(8(2)15)10-4-5-11(14)20-10/h4-8,12H,3,15H2,1-2H3. The van der Waals surface area contributed by atoms with Crippen LogP contribution in [0.2, 0.25) is 4.34 Å². The minimum absolute atomic E-state index is 0.157. The van der Waals surface area contributed by atoms with Crippen LogP contribution in [0, 0.1) is 0 Å². The van der Waals surface area contributed by atoms with Crippen LogP contribution in [0.1, 0.15) is 35.1 Å². The molecular formula is C13H16ClN3O2S. The Kier molecular flexibility index (Phi) is 4.80. The van der Waals surface area contributed by atoms with E-state index in [1.54, 1.807) is 17.8 Å². The van der Waals surface area contributed by atoms with Crippen molar-refractivity contribution in [1.82, 2.24) is 9.78 Å². The number of carbonyl (C=O) groups is 1. The number of thiophene rings is 1. The van der Waals surface area contributed by atoms with Crippen molar-refractivity contribution in [1.29, 1.82) is 0 Å².